The molecule has 0 unspecified atom stereocenters. The number of anilines is 1. The average molecular weight is 321 g/mol. The van der Waals surface area contributed by atoms with Crippen molar-refractivity contribution in [2.75, 3.05) is 5.32 Å². The summed E-state index contributed by atoms with van der Waals surface area (Å²) in [5.41, 5.74) is 1.85. The maximum atomic E-state index is 12.1. The van der Waals surface area contributed by atoms with Gasteiger partial charge in [-0.1, -0.05) is 0 Å². The summed E-state index contributed by atoms with van der Waals surface area (Å²) in [6.07, 6.45) is 2.05. The molecule has 1 amide bonds. The normalized spacial score (nSPS) is 10.9. The van der Waals surface area contributed by atoms with E-state index in [0.29, 0.717) is 5.00 Å². The Morgan fingerprint density at radius 3 is 3.00 bits per heavy atom. The molecule has 8 heteroatoms. The summed E-state index contributed by atoms with van der Waals surface area (Å²) in [6, 6.07) is 1.48. The Balaban J connectivity index is 1.77. The van der Waals surface area contributed by atoms with Gasteiger partial charge < -0.3 is 10.4 Å². The van der Waals surface area contributed by atoms with Gasteiger partial charge in [-0.3, -0.25) is 9.20 Å². The third-order valence-corrected chi connectivity index (χ3v) is 4.61. The van der Waals surface area contributed by atoms with E-state index in [2.05, 4.69) is 10.3 Å². The van der Waals surface area contributed by atoms with Crippen molar-refractivity contribution in [2.24, 2.45) is 0 Å². The van der Waals surface area contributed by atoms with Crippen LogP contribution in [0.1, 0.15) is 21.7 Å². The summed E-state index contributed by atoms with van der Waals surface area (Å²) in [4.78, 5) is 28.3. The molecule has 0 aliphatic rings. The number of rotatable bonds is 4. The van der Waals surface area contributed by atoms with Crippen LogP contribution >= 0.6 is 22.7 Å². The van der Waals surface area contributed by atoms with E-state index in [0.717, 1.165) is 16.3 Å². The van der Waals surface area contributed by atoms with Crippen LogP contribution in [-0.2, 0) is 11.2 Å². The van der Waals surface area contributed by atoms with Gasteiger partial charge in [0, 0.05) is 17.3 Å². The first-order chi connectivity index (χ1) is 10.0. The van der Waals surface area contributed by atoms with E-state index in [1.54, 1.807) is 5.38 Å². The molecule has 0 aromatic carbocycles. The van der Waals surface area contributed by atoms with Crippen LogP contribution in [0, 0.1) is 6.92 Å². The zero-order chi connectivity index (χ0) is 15.0. The minimum absolute atomic E-state index is 0.113. The molecule has 0 aliphatic heterocycles. The van der Waals surface area contributed by atoms with Gasteiger partial charge in [-0.25, -0.2) is 9.78 Å². The van der Waals surface area contributed by atoms with Crippen molar-refractivity contribution < 1.29 is 14.7 Å². The van der Waals surface area contributed by atoms with Gasteiger partial charge >= 0.3 is 5.97 Å². The van der Waals surface area contributed by atoms with Crippen LogP contribution in [0.4, 0.5) is 5.00 Å². The number of amides is 1. The molecular formula is C13H11N3O3S2. The summed E-state index contributed by atoms with van der Waals surface area (Å²) < 4.78 is 1.88. The van der Waals surface area contributed by atoms with Gasteiger partial charge in [-0.2, -0.15) is 0 Å². The second-order valence-corrected chi connectivity index (χ2v) is 6.21. The molecule has 3 aromatic rings. The van der Waals surface area contributed by atoms with Crippen molar-refractivity contribution >= 4 is 44.5 Å². The Morgan fingerprint density at radius 1 is 1.43 bits per heavy atom. The second kappa shape index (κ2) is 5.30. The van der Waals surface area contributed by atoms with Gasteiger partial charge in [0.05, 0.1) is 17.7 Å². The van der Waals surface area contributed by atoms with Crippen molar-refractivity contribution in [1.29, 1.82) is 0 Å². The molecule has 0 saturated heterocycles. The van der Waals surface area contributed by atoms with Crippen LogP contribution in [0.15, 0.2) is 23.0 Å². The van der Waals surface area contributed by atoms with Crippen LogP contribution in [-0.4, -0.2) is 26.4 Å². The summed E-state index contributed by atoms with van der Waals surface area (Å²) in [5.74, 6) is -1.29. The lowest BCUT2D eigenvalue weighted by atomic mass is 10.3. The number of nitrogens with one attached hydrogen (secondary N) is 1. The predicted molar refractivity (Wildman–Crippen MR) is 81.4 cm³/mol. The number of aryl methyl sites for hydroxylation is 1. The molecule has 108 valence electrons. The molecule has 0 fully saturated rings. The topological polar surface area (TPSA) is 83.7 Å². The Kier molecular flexibility index (Phi) is 3.48. The lowest BCUT2D eigenvalue weighted by Crippen LogP contribution is -2.16. The molecule has 0 bridgehead atoms. The molecule has 6 nitrogen and oxygen atoms in total. The lowest BCUT2D eigenvalue weighted by Gasteiger charge is -2.03. The zero-order valence-electron chi connectivity index (χ0n) is 11.0. The zero-order valence-corrected chi connectivity index (χ0v) is 12.6. The van der Waals surface area contributed by atoms with Gasteiger partial charge in [0.25, 0.3) is 0 Å². The Morgan fingerprint density at radius 2 is 2.24 bits per heavy atom. The summed E-state index contributed by atoms with van der Waals surface area (Å²) in [6.45, 7) is 1.90. The van der Waals surface area contributed by atoms with Crippen LogP contribution in [0.3, 0.4) is 0 Å². The standard InChI is InChI=1S/C13H11N3O3S2/c1-7-5-16-8(6-21-13(16)14-7)4-10(17)15-11-9(12(18)19)2-3-20-11/h2-3,5-6H,4H2,1H3,(H,15,17)(H,18,19). The molecule has 0 radical (unpaired) electrons. The molecule has 0 spiro atoms. The monoisotopic (exact) mass is 321 g/mol. The molecule has 0 saturated carbocycles. The molecule has 2 N–H and O–H groups in total. The van der Waals surface area contributed by atoms with Crippen molar-refractivity contribution in [3.05, 3.63) is 40.0 Å². The molecule has 21 heavy (non-hydrogen) atoms. The fourth-order valence-electron chi connectivity index (χ4n) is 1.98. The van der Waals surface area contributed by atoms with E-state index in [4.69, 9.17) is 5.11 Å². The third-order valence-electron chi connectivity index (χ3n) is 2.89. The number of imidazole rings is 1. The maximum Gasteiger partial charge on any atom is 0.338 e. The van der Waals surface area contributed by atoms with E-state index < -0.39 is 5.97 Å². The van der Waals surface area contributed by atoms with E-state index in [1.165, 1.54) is 28.7 Å². The lowest BCUT2D eigenvalue weighted by molar-refractivity contribution is -0.115. The largest absolute Gasteiger partial charge is 0.478 e. The first kappa shape index (κ1) is 13.8. The quantitative estimate of drug-likeness (QED) is 0.774. The number of hydrogen-bond donors (Lipinski definition) is 2. The highest BCUT2D eigenvalue weighted by atomic mass is 32.1. The van der Waals surface area contributed by atoms with Crippen molar-refractivity contribution in [1.82, 2.24) is 9.38 Å². The van der Waals surface area contributed by atoms with E-state index in [1.807, 2.05) is 22.9 Å². The van der Waals surface area contributed by atoms with Gasteiger partial charge in [0.1, 0.15) is 5.00 Å². The maximum absolute atomic E-state index is 12.1. The number of carbonyl (C=O) groups excluding carboxylic acids is 1. The first-order valence-corrected chi connectivity index (χ1v) is 7.83. The predicted octanol–water partition coefficient (Wildman–Crippen LogP) is 2.65. The van der Waals surface area contributed by atoms with Crippen LogP contribution < -0.4 is 5.32 Å². The van der Waals surface area contributed by atoms with Crippen molar-refractivity contribution in [2.45, 2.75) is 13.3 Å². The summed E-state index contributed by atoms with van der Waals surface area (Å²) in [7, 11) is 0. The van der Waals surface area contributed by atoms with Crippen molar-refractivity contribution in [3.63, 3.8) is 0 Å². The number of aromatic nitrogens is 2. The minimum atomic E-state index is -1.05. The van der Waals surface area contributed by atoms with Gasteiger partial charge in [-0.05, 0) is 18.4 Å². The Labute approximate surface area is 127 Å². The summed E-state index contributed by atoms with van der Waals surface area (Å²) >= 11 is 2.67. The third kappa shape index (κ3) is 2.67. The Bertz CT molecular complexity index is 831. The first-order valence-electron chi connectivity index (χ1n) is 6.07. The average Bonchev–Trinajstić information content (AvgIpc) is 3.07. The highest BCUT2D eigenvalue weighted by molar-refractivity contribution is 7.15. The van der Waals surface area contributed by atoms with Gasteiger partial charge in [0.15, 0.2) is 4.96 Å². The molecule has 3 rings (SSSR count). The van der Waals surface area contributed by atoms with E-state index >= 15 is 0 Å². The molecule has 3 aromatic heterocycles. The van der Waals surface area contributed by atoms with E-state index in [-0.39, 0.29) is 17.9 Å². The van der Waals surface area contributed by atoms with Crippen molar-refractivity contribution in [3.8, 4) is 0 Å². The SMILES string of the molecule is Cc1cn2c(CC(=O)Nc3sccc3C(=O)O)csc2n1. The molecular weight excluding hydrogens is 310 g/mol. The number of carboxylic acids is 1. The number of hydrogen-bond acceptors (Lipinski definition) is 5. The number of thiazole rings is 1. The molecule has 0 atom stereocenters. The number of carboxylic acid groups (broad SMARTS) is 1. The number of nitrogens with zero attached hydrogens (tertiary/aromatic N) is 2. The Hall–Kier alpha value is -2.19. The van der Waals surface area contributed by atoms with Gasteiger partial charge in [0.2, 0.25) is 5.91 Å². The highest BCUT2D eigenvalue weighted by Gasteiger charge is 2.15. The molecule has 0 aliphatic carbocycles. The minimum Gasteiger partial charge on any atom is -0.478 e. The van der Waals surface area contributed by atoms with E-state index in [9.17, 15) is 9.59 Å². The fraction of sp³-hybridized carbons (Fsp3) is 0.154. The second-order valence-electron chi connectivity index (χ2n) is 4.46. The number of fused-ring (bicyclic) bond motifs is 1. The smallest absolute Gasteiger partial charge is 0.338 e. The highest BCUT2D eigenvalue weighted by Crippen LogP contribution is 2.24. The number of carbonyl (C=O) groups is 2. The van der Waals surface area contributed by atoms with Crippen LogP contribution in [0.5, 0.6) is 0 Å². The van der Waals surface area contributed by atoms with Crippen LogP contribution in [0.2, 0.25) is 0 Å². The van der Waals surface area contributed by atoms with Crippen LogP contribution in [0.25, 0.3) is 4.96 Å². The number of aromatic carboxylic acids is 1. The van der Waals surface area contributed by atoms with Gasteiger partial charge in [-0.15, -0.1) is 22.7 Å². The molecule has 3 heterocycles. The summed E-state index contributed by atoms with van der Waals surface area (Å²) in [5, 5.41) is 15.5. The fourth-order valence-corrected chi connectivity index (χ4v) is 3.69. The number of thiophene rings is 1.